The maximum atomic E-state index is 12.7. The molecule has 0 spiro atoms. The van der Waals surface area contributed by atoms with Crippen molar-refractivity contribution in [3.8, 4) is 11.5 Å². The average molecular weight is 368 g/mol. The van der Waals surface area contributed by atoms with Gasteiger partial charge < -0.3 is 14.8 Å². The molecule has 1 N–H and O–H groups in total. The molecule has 0 amide bonds. The average Bonchev–Trinajstić information content (AvgIpc) is 3.05. The molecule has 8 heteroatoms. The Hall–Kier alpha value is -3.13. The number of fused-ring (bicyclic) bond motifs is 2. The highest BCUT2D eigenvalue weighted by atomic mass is 32.1. The van der Waals surface area contributed by atoms with Crippen molar-refractivity contribution in [1.29, 1.82) is 0 Å². The second kappa shape index (κ2) is 6.30. The van der Waals surface area contributed by atoms with Gasteiger partial charge >= 0.3 is 0 Å². The third kappa shape index (κ3) is 2.74. The highest BCUT2D eigenvalue weighted by Gasteiger charge is 2.13. The minimum atomic E-state index is -0.185. The second-order valence-electron chi connectivity index (χ2n) is 5.73. The van der Waals surface area contributed by atoms with Crippen molar-refractivity contribution < 1.29 is 9.47 Å². The van der Waals surface area contributed by atoms with Gasteiger partial charge in [-0.25, -0.2) is 4.98 Å². The predicted molar refractivity (Wildman–Crippen MR) is 102 cm³/mol. The quantitative estimate of drug-likeness (QED) is 0.595. The van der Waals surface area contributed by atoms with E-state index in [1.54, 1.807) is 26.4 Å². The minimum Gasteiger partial charge on any atom is -0.497 e. The molecule has 0 aliphatic carbocycles. The maximum Gasteiger partial charge on any atom is 0.283 e. The molecule has 0 saturated heterocycles. The smallest absolute Gasteiger partial charge is 0.283 e. The van der Waals surface area contributed by atoms with Crippen LogP contribution in [0, 0.1) is 6.92 Å². The fraction of sp³-hybridized carbons (Fsp3) is 0.167. The number of hydrogen-bond donors (Lipinski definition) is 1. The predicted octanol–water partition coefficient (Wildman–Crippen LogP) is 3.37. The molecule has 0 fully saturated rings. The van der Waals surface area contributed by atoms with Crippen LogP contribution in [0.1, 0.15) is 5.56 Å². The molecule has 0 aliphatic heterocycles. The number of rotatable bonds is 4. The fourth-order valence-electron chi connectivity index (χ4n) is 2.70. The SMILES string of the molecule is COc1ccc(OC)c(Nc2nn3c(=O)c4cc(C)ccc4nc3s2)c1. The Bertz CT molecular complexity index is 1180. The van der Waals surface area contributed by atoms with Crippen molar-refractivity contribution in [3.05, 3.63) is 52.3 Å². The van der Waals surface area contributed by atoms with E-state index in [4.69, 9.17) is 9.47 Å². The first kappa shape index (κ1) is 16.3. The highest BCUT2D eigenvalue weighted by molar-refractivity contribution is 7.20. The zero-order chi connectivity index (χ0) is 18.3. The summed E-state index contributed by atoms with van der Waals surface area (Å²) in [7, 11) is 3.19. The van der Waals surface area contributed by atoms with Crippen molar-refractivity contribution in [3.63, 3.8) is 0 Å². The molecule has 0 unspecified atom stereocenters. The molecule has 0 aliphatic rings. The lowest BCUT2D eigenvalue weighted by Gasteiger charge is -2.10. The van der Waals surface area contributed by atoms with Gasteiger partial charge in [-0.2, -0.15) is 4.52 Å². The number of aromatic nitrogens is 3. The first-order chi connectivity index (χ1) is 12.6. The maximum absolute atomic E-state index is 12.7. The molecule has 4 rings (SSSR count). The van der Waals surface area contributed by atoms with Crippen LogP contribution in [0.25, 0.3) is 15.9 Å². The van der Waals surface area contributed by atoms with E-state index in [2.05, 4.69) is 15.4 Å². The molecule has 7 nitrogen and oxygen atoms in total. The number of nitrogens with one attached hydrogen (secondary N) is 1. The lowest BCUT2D eigenvalue weighted by Crippen LogP contribution is -2.15. The highest BCUT2D eigenvalue weighted by Crippen LogP contribution is 2.32. The first-order valence-electron chi connectivity index (χ1n) is 7.88. The number of aryl methyl sites for hydroxylation is 1. The summed E-state index contributed by atoms with van der Waals surface area (Å²) in [6.45, 7) is 1.94. The van der Waals surface area contributed by atoms with Gasteiger partial charge in [-0.3, -0.25) is 4.79 Å². The van der Waals surface area contributed by atoms with Crippen LogP contribution >= 0.6 is 11.3 Å². The van der Waals surface area contributed by atoms with E-state index < -0.39 is 0 Å². The first-order valence-corrected chi connectivity index (χ1v) is 8.70. The minimum absolute atomic E-state index is 0.185. The zero-order valence-corrected chi connectivity index (χ0v) is 15.3. The van der Waals surface area contributed by atoms with E-state index in [9.17, 15) is 4.79 Å². The molecule has 4 aromatic rings. The molecular weight excluding hydrogens is 352 g/mol. The summed E-state index contributed by atoms with van der Waals surface area (Å²) < 4.78 is 11.9. The van der Waals surface area contributed by atoms with E-state index >= 15 is 0 Å². The lowest BCUT2D eigenvalue weighted by molar-refractivity contribution is 0.405. The second-order valence-corrected chi connectivity index (χ2v) is 6.69. The van der Waals surface area contributed by atoms with E-state index in [0.29, 0.717) is 38.2 Å². The molecule has 0 atom stereocenters. The fourth-order valence-corrected chi connectivity index (χ4v) is 3.51. The van der Waals surface area contributed by atoms with Crippen molar-refractivity contribution >= 4 is 38.0 Å². The van der Waals surface area contributed by atoms with Crippen LogP contribution in [0.15, 0.2) is 41.2 Å². The van der Waals surface area contributed by atoms with Gasteiger partial charge in [0.25, 0.3) is 5.56 Å². The van der Waals surface area contributed by atoms with E-state index in [0.717, 1.165) is 5.56 Å². The molecule has 0 radical (unpaired) electrons. The summed E-state index contributed by atoms with van der Waals surface area (Å²) >= 11 is 1.29. The summed E-state index contributed by atoms with van der Waals surface area (Å²) in [5, 5.41) is 8.64. The van der Waals surface area contributed by atoms with Crippen molar-refractivity contribution in [2.75, 3.05) is 19.5 Å². The number of anilines is 2. The van der Waals surface area contributed by atoms with Crippen molar-refractivity contribution in [2.45, 2.75) is 6.92 Å². The van der Waals surface area contributed by atoms with Crippen LogP contribution in [-0.2, 0) is 0 Å². The monoisotopic (exact) mass is 368 g/mol. The van der Waals surface area contributed by atoms with Gasteiger partial charge in [-0.1, -0.05) is 23.0 Å². The molecule has 2 heterocycles. The molecule has 0 saturated carbocycles. The van der Waals surface area contributed by atoms with Crippen LogP contribution in [0.4, 0.5) is 10.8 Å². The lowest BCUT2D eigenvalue weighted by atomic mass is 10.2. The standard InChI is InChI=1S/C18H16N4O3S/c1-10-4-6-13-12(8-10)16(23)22-18(20-13)26-17(21-22)19-14-9-11(24-2)5-7-15(14)25-3/h4-9H,1-3H3,(H,19,21). The van der Waals surface area contributed by atoms with Crippen LogP contribution in [0.5, 0.6) is 11.5 Å². The van der Waals surface area contributed by atoms with Crippen LogP contribution in [0.3, 0.4) is 0 Å². The number of ether oxygens (including phenoxy) is 2. The molecule has 0 bridgehead atoms. The molecule has 2 aromatic carbocycles. The Kier molecular flexibility index (Phi) is 3.96. The number of nitrogens with zero attached hydrogens (tertiary/aromatic N) is 3. The van der Waals surface area contributed by atoms with Gasteiger partial charge in [0.05, 0.1) is 30.8 Å². The summed E-state index contributed by atoms with van der Waals surface area (Å²) in [5.41, 5.74) is 2.18. The number of hydrogen-bond acceptors (Lipinski definition) is 7. The Morgan fingerprint density at radius 2 is 1.96 bits per heavy atom. The van der Waals surface area contributed by atoms with Crippen LogP contribution in [-0.4, -0.2) is 28.8 Å². The summed E-state index contributed by atoms with van der Waals surface area (Å²) in [6.07, 6.45) is 0. The largest absolute Gasteiger partial charge is 0.497 e. The summed E-state index contributed by atoms with van der Waals surface area (Å²) in [4.78, 5) is 17.8. The van der Waals surface area contributed by atoms with Gasteiger partial charge in [0, 0.05) is 6.07 Å². The zero-order valence-electron chi connectivity index (χ0n) is 14.4. The summed E-state index contributed by atoms with van der Waals surface area (Å²) in [6, 6.07) is 11.0. The topological polar surface area (TPSA) is 77.8 Å². The Morgan fingerprint density at radius 3 is 2.73 bits per heavy atom. The molecular formula is C18H16N4O3S. The van der Waals surface area contributed by atoms with E-state index in [-0.39, 0.29) is 5.56 Å². The van der Waals surface area contributed by atoms with Crippen LogP contribution < -0.4 is 20.3 Å². The van der Waals surface area contributed by atoms with E-state index in [1.807, 2.05) is 31.2 Å². The van der Waals surface area contributed by atoms with Gasteiger partial charge in [0.15, 0.2) is 0 Å². The van der Waals surface area contributed by atoms with Gasteiger partial charge in [-0.15, -0.1) is 5.10 Å². The van der Waals surface area contributed by atoms with Gasteiger partial charge in [0.2, 0.25) is 10.1 Å². The molecule has 2 aromatic heterocycles. The Labute approximate surface area is 152 Å². The van der Waals surface area contributed by atoms with Gasteiger partial charge in [-0.05, 0) is 31.2 Å². The Balaban J connectivity index is 1.82. The van der Waals surface area contributed by atoms with Gasteiger partial charge in [0.1, 0.15) is 11.5 Å². The van der Waals surface area contributed by atoms with E-state index in [1.165, 1.54) is 15.9 Å². The van der Waals surface area contributed by atoms with Crippen molar-refractivity contribution in [2.24, 2.45) is 0 Å². The molecule has 26 heavy (non-hydrogen) atoms. The van der Waals surface area contributed by atoms with Crippen LogP contribution in [0.2, 0.25) is 0 Å². The molecule has 132 valence electrons. The number of methoxy groups -OCH3 is 2. The number of benzene rings is 2. The third-order valence-corrected chi connectivity index (χ3v) is 4.82. The normalized spacial score (nSPS) is 11.0. The third-order valence-electron chi connectivity index (χ3n) is 4.00. The Morgan fingerprint density at radius 1 is 1.12 bits per heavy atom. The summed E-state index contributed by atoms with van der Waals surface area (Å²) in [5.74, 6) is 1.33. The van der Waals surface area contributed by atoms with Crippen molar-refractivity contribution in [1.82, 2.24) is 14.6 Å².